The highest BCUT2D eigenvalue weighted by Gasteiger charge is 2.23. The molecule has 1 atom stereocenters. The highest BCUT2D eigenvalue weighted by molar-refractivity contribution is 9.10. The Bertz CT molecular complexity index is 409. The van der Waals surface area contributed by atoms with E-state index in [0.717, 1.165) is 24.7 Å². The van der Waals surface area contributed by atoms with E-state index >= 15 is 0 Å². The zero-order valence-electron chi connectivity index (χ0n) is 10.0. The molecule has 1 unspecified atom stereocenters. The van der Waals surface area contributed by atoms with Crippen LogP contribution in [0.5, 0.6) is 0 Å². The van der Waals surface area contributed by atoms with Gasteiger partial charge in [0, 0.05) is 19.2 Å². The number of rotatable bonds is 3. The molecule has 0 radical (unpaired) electrons. The molecule has 1 aromatic carbocycles. The quantitative estimate of drug-likeness (QED) is 0.861. The molecule has 1 saturated heterocycles. The summed E-state index contributed by atoms with van der Waals surface area (Å²) in [7, 11) is 0. The predicted molar refractivity (Wildman–Crippen MR) is 73.7 cm³/mol. The molecule has 1 aliphatic heterocycles. The van der Waals surface area contributed by atoms with Gasteiger partial charge in [0.2, 0.25) is 0 Å². The smallest absolute Gasteiger partial charge is 0.139 e. The Morgan fingerprint density at radius 2 is 2.29 bits per heavy atom. The lowest BCUT2D eigenvalue weighted by Gasteiger charge is -2.21. The molecule has 1 heterocycles. The highest BCUT2D eigenvalue weighted by Crippen LogP contribution is 2.33. The molecule has 2 rings (SSSR count). The lowest BCUT2D eigenvalue weighted by atomic mass is 10.0. The van der Waals surface area contributed by atoms with E-state index in [2.05, 4.69) is 27.8 Å². The first-order valence-electron chi connectivity index (χ1n) is 6.11. The summed E-state index contributed by atoms with van der Waals surface area (Å²) in [4.78, 5) is 2.26. The number of hydrogen-bond acceptors (Lipinski definition) is 2. The molecule has 4 heteroatoms. The minimum atomic E-state index is -0.296. The Balaban J connectivity index is 2.16. The third kappa shape index (κ3) is 2.73. The second-order valence-electron chi connectivity index (χ2n) is 4.71. The molecule has 0 aromatic heterocycles. The molecular weight excluding hydrogens is 283 g/mol. The molecule has 1 aliphatic rings. The van der Waals surface area contributed by atoms with E-state index < -0.39 is 0 Å². The molecule has 0 spiro atoms. The Hall–Kier alpha value is -0.770. The topological polar surface area (TPSA) is 29.3 Å². The largest absolute Gasteiger partial charge is 0.397 e. The minimum absolute atomic E-state index is 0.296. The van der Waals surface area contributed by atoms with Crippen LogP contribution in [0.25, 0.3) is 0 Å². The predicted octanol–water partition coefficient (Wildman–Crippen LogP) is 3.80. The van der Waals surface area contributed by atoms with Crippen molar-refractivity contribution < 1.29 is 4.39 Å². The Morgan fingerprint density at radius 1 is 1.53 bits per heavy atom. The standard InChI is InChI=1S/C13H18BrFN2/c1-2-3-9-4-5-17(8-9)13-6-10(14)11(15)7-12(13)16/h6-7,9H,2-5,8,16H2,1H3. The molecule has 94 valence electrons. The van der Waals surface area contributed by atoms with Crippen LogP contribution >= 0.6 is 15.9 Å². The second kappa shape index (κ2) is 5.25. The van der Waals surface area contributed by atoms with Crippen LogP contribution in [0.1, 0.15) is 26.2 Å². The van der Waals surface area contributed by atoms with Gasteiger partial charge in [0.1, 0.15) is 5.82 Å². The number of benzene rings is 1. The number of halogens is 2. The highest BCUT2D eigenvalue weighted by atomic mass is 79.9. The van der Waals surface area contributed by atoms with Crippen molar-refractivity contribution in [2.45, 2.75) is 26.2 Å². The first-order valence-corrected chi connectivity index (χ1v) is 6.90. The fourth-order valence-electron chi connectivity index (χ4n) is 2.52. The molecule has 2 nitrogen and oxygen atoms in total. The van der Waals surface area contributed by atoms with Crippen LogP contribution in [0.4, 0.5) is 15.8 Å². The van der Waals surface area contributed by atoms with Crippen LogP contribution < -0.4 is 10.6 Å². The molecule has 1 aromatic rings. The maximum atomic E-state index is 13.3. The van der Waals surface area contributed by atoms with Crippen LogP contribution in [0.3, 0.4) is 0 Å². The summed E-state index contributed by atoms with van der Waals surface area (Å²) in [6.07, 6.45) is 3.70. The van der Waals surface area contributed by atoms with Gasteiger partial charge in [-0.25, -0.2) is 4.39 Å². The summed E-state index contributed by atoms with van der Waals surface area (Å²) in [6.45, 7) is 4.27. The molecule has 17 heavy (non-hydrogen) atoms. The van der Waals surface area contributed by atoms with E-state index in [1.54, 1.807) is 6.07 Å². The van der Waals surface area contributed by atoms with Crippen LogP contribution in [-0.2, 0) is 0 Å². The summed E-state index contributed by atoms with van der Waals surface area (Å²) >= 11 is 3.22. The zero-order valence-corrected chi connectivity index (χ0v) is 11.6. The molecule has 0 saturated carbocycles. The summed E-state index contributed by atoms with van der Waals surface area (Å²) in [5.74, 6) is 0.457. The van der Waals surface area contributed by atoms with Gasteiger partial charge in [0.25, 0.3) is 0 Å². The van der Waals surface area contributed by atoms with Gasteiger partial charge in [-0.2, -0.15) is 0 Å². The maximum Gasteiger partial charge on any atom is 0.139 e. The fourth-order valence-corrected chi connectivity index (χ4v) is 2.85. The average Bonchev–Trinajstić information content (AvgIpc) is 2.72. The third-order valence-electron chi connectivity index (χ3n) is 3.39. The molecule has 1 fully saturated rings. The van der Waals surface area contributed by atoms with Gasteiger partial charge in [-0.1, -0.05) is 13.3 Å². The van der Waals surface area contributed by atoms with E-state index in [1.165, 1.54) is 25.3 Å². The number of anilines is 2. The first kappa shape index (κ1) is 12.7. The normalized spacial score (nSPS) is 19.9. The SMILES string of the molecule is CCCC1CCN(c2cc(Br)c(F)cc2N)C1. The molecular formula is C13H18BrFN2. The van der Waals surface area contributed by atoms with Crippen LogP contribution in [0.2, 0.25) is 0 Å². The lowest BCUT2D eigenvalue weighted by molar-refractivity contribution is 0.530. The van der Waals surface area contributed by atoms with Crippen LogP contribution in [0.15, 0.2) is 16.6 Å². The molecule has 0 bridgehead atoms. The Morgan fingerprint density at radius 3 is 3.00 bits per heavy atom. The van der Waals surface area contributed by atoms with E-state index in [0.29, 0.717) is 10.2 Å². The van der Waals surface area contributed by atoms with Gasteiger partial charge in [-0.05, 0) is 40.8 Å². The van der Waals surface area contributed by atoms with E-state index in [-0.39, 0.29) is 5.82 Å². The van der Waals surface area contributed by atoms with Crippen molar-refractivity contribution in [3.8, 4) is 0 Å². The summed E-state index contributed by atoms with van der Waals surface area (Å²) in [5, 5.41) is 0. The van der Waals surface area contributed by atoms with Crippen molar-refractivity contribution in [3.63, 3.8) is 0 Å². The zero-order chi connectivity index (χ0) is 12.4. The van der Waals surface area contributed by atoms with E-state index in [1.807, 2.05) is 0 Å². The Labute approximate surface area is 110 Å². The van der Waals surface area contributed by atoms with E-state index in [4.69, 9.17) is 5.73 Å². The van der Waals surface area contributed by atoms with Crippen molar-refractivity contribution in [2.24, 2.45) is 5.92 Å². The minimum Gasteiger partial charge on any atom is -0.397 e. The summed E-state index contributed by atoms with van der Waals surface area (Å²) < 4.78 is 13.8. The number of nitrogen functional groups attached to an aromatic ring is 1. The molecule has 0 amide bonds. The number of nitrogens with two attached hydrogens (primary N) is 1. The van der Waals surface area contributed by atoms with Crippen molar-refractivity contribution >= 4 is 27.3 Å². The number of hydrogen-bond donors (Lipinski definition) is 1. The van der Waals surface area contributed by atoms with Gasteiger partial charge in [0.05, 0.1) is 15.8 Å². The van der Waals surface area contributed by atoms with Crippen molar-refractivity contribution in [2.75, 3.05) is 23.7 Å². The summed E-state index contributed by atoms with van der Waals surface area (Å²) in [5.41, 5.74) is 7.37. The molecule has 0 aliphatic carbocycles. The van der Waals surface area contributed by atoms with Crippen molar-refractivity contribution in [1.82, 2.24) is 0 Å². The fraction of sp³-hybridized carbons (Fsp3) is 0.538. The summed E-state index contributed by atoms with van der Waals surface area (Å²) in [6, 6.07) is 3.19. The van der Waals surface area contributed by atoms with Crippen LogP contribution in [-0.4, -0.2) is 13.1 Å². The van der Waals surface area contributed by atoms with Gasteiger partial charge < -0.3 is 10.6 Å². The van der Waals surface area contributed by atoms with Gasteiger partial charge in [0.15, 0.2) is 0 Å². The average molecular weight is 301 g/mol. The second-order valence-corrected chi connectivity index (χ2v) is 5.57. The van der Waals surface area contributed by atoms with Gasteiger partial charge in [-0.3, -0.25) is 0 Å². The molecule has 2 N–H and O–H groups in total. The monoisotopic (exact) mass is 300 g/mol. The number of nitrogens with zero attached hydrogens (tertiary/aromatic N) is 1. The van der Waals surface area contributed by atoms with Gasteiger partial charge >= 0.3 is 0 Å². The first-order chi connectivity index (χ1) is 8.11. The van der Waals surface area contributed by atoms with Gasteiger partial charge in [-0.15, -0.1) is 0 Å². The Kier molecular flexibility index (Phi) is 3.92. The lowest BCUT2D eigenvalue weighted by Crippen LogP contribution is -2.21. The van der Waals surface area contributed by atoms with E-state index in [9.17, 15) is 4.39 Å². The van der Waals surface area contributed by atoms with Crippen LogP contribution in [0, 0.1) is 11.7 Å². The maximum absolute atomic E-state index is 13.3. The van der Waals surface area contributed by atoms with Crippen molar-refractivity contribution in [1.29, 1.82) is 0 Å². The van der Waals surface area contributed by atoms with Crippen molar-refractivity contribution in [3.05, 3.63) is 22.4 Å². The third-order valence-corrected chi connectivity index (χ3v) is 4.00.